The van der Waals surface area contributed by atoms with Crippen molar-refractivity contribution in [1.82, 2.24) is 5.32 Å². The Morgan fingerprint density at radius 3 is 2.70 bits per heavy atom. The fourth-order valence-electron chi connectivity index (χ4n) is 1.88. The molecule has 7 heteroatoms. The van der Waals surface area contributed by atoms with Crippen molar-refractivity contribution in [1.29, 1.82) is 0 Å². The van der Waals surface area contributed by atoms with Crippen molar-refractivity contribution in [3.8, 4) is 0 Å². The van der Waals surface area contributed by atoms with Gasteiger partial charge in [-0.3, -0.25) is 4.79 Å². The summed E-state index contributed by atoms with van der Waals surface area (Å²) in [6, 6.07) is 4.86. The third-order valence-electron chi connectivity index (χ3n) is 2.85. The van der Waals surface area contributed by atoms with Crippen LogP contribution in [0.3, 0.4) is 0 Å². The summed E-state index contributed by atoms with van der Waals surface area (Å²) < 4.78 is 38.4. The molecule has 1 saturated heterocycles. The lowest BCUT2D eigenvalue weighted by Crippen LogP contribution is -2.34. The van der Waals surface area contributed by atoms with E-state index in [4.69, 9.17) is 0 Å². The Balaban J connectivity index is 2.02. The highest BCUT2D eigenvalue weighted by molar-refractivity contribution is 8.06. The van der Waals surface area contributed by atoms with E-state index in [1.54, 1.807) is 23.5 Å². The number of halogens is 3. The molecule has 110 valence electrons. The van der Waals surface area contributed by atoms with Crippen molar-refractivity contribution in [2.24, 2.45) is 0 Å². The first-order valence-corrected chi connectivity index (χ1v) is 8.32. The minimum Gasteiger partial charge on any atom is -0.351 e. The van der Waals surface area contributed by atoms with Crippen molar-refractivity contribution in [2.45, 2.75) is 11.4 Å². The lowest BCUT2D eigenvalue weighted by Gasteiger charge is -2.21. The Hall–Kier alpha value is -0.820. The molecule has 2 nitrogen and oxygen atoms in total. The van der Waals surface area contributed by atoms with Gasteiger partial charge in [-0.15, -0.1) is 0 Å². The molecule has 20 heavy (non-hydrogen) atoms. The minimum absolute atomic E-state index is 0.274. The van der Waals surface area contributed by atoms with Crippen LogP contribution in [0.2, 0.25) is 0 Å². The van der Waals surface area contributed by atoms with E-state index in [0.29, 0.717) is 6.54 Å². The molecule has 0 aliphatic carbocycles. The zero-order chi connectivity index (χ0) is 14.6. The molecule has 1 aromatic rings. The van der Waals surface area contributed by atoms with Gasteiger partial charge in [-0.05, 0) is 12.1 Å². The largest absolute Gasteiger partial charge is 0.417 e. The van der Waals surface area contributed by atoms with Crippen molar-refractivity contribution in [3.05, 3.63) is 35.4 Å². The van der Waals surface area contributed by atoms with E-state index in [2.05, 4.69) is 5.32 Å². The molecular weight excluding hydrogens is 307 g/mol. The van der Waals surface area contributed by atoms with E-state index >= 15 is 0 Å². The Morgan fingerprint density at radius 2 is 2.05 bits per heavy atom. The summed E-state index contributed by atoms with van der Waals surface area (Å²) in [5, 5.41) is 2.88. The summed E-state index contributed by atoms with van der Waals surface area (Å²) in [6.07, 6.45) is -4.51. The lowest BCUT2D eigenvalue weighted by molar-refractivity contribution is -0.137. The first-order chi connectivity index (χ1) is 9.48. The van der Waals surface area contributed by atoms with Gasteiger partial charge in [0.25, 0.3) is 5.91 Å². The summed E-state index contributed by atoms with van der Waals surface area (Å²) in [5.41, 5.74) is -1.20. The summed E-state index contributed by atoms with van der Waals surface area (Å²) in [7, 11) is 0. The number of alkyl halides is 3. The van der Waals surface area contributed by atoms with Crippen molar-refractivity contribution in [3.63, 3.8) is 0 Å². The highest BCUT2D eigenvalue weighted by Gasteiger charge is 2.34. The summed E-state index contributed by atoms with van der Waals surface area (Å²) in [4.78, 5) is 11.9. The molecule has 1 amide bonds. The van der Waals surface area contributed by atoms with E-state index in [1.807, 2.05) is 0 Å². The summed E-state index contributed by atoms with van der Waals surface area (Å²) >= 11 is 3.56. The van der Waals surface area contributed by atoms with Crippen LogP contribution in [0.25, 0.3) is 0 Å². The summed E-state index contributed by atoms with van der Waals surface area (Å²) in [6.45, 7) is 0.405. The van der Waals surface area contributed by atoms with Crippen molar-refractivity contribution < 1.29 is 18.0 Å². The molecule has 0 bridgehead atoms. The number of benzene rings is 1. The van der Waals surface area contributed by atoms with Crippen LogP contribution in [-0.4, -0.2) is 35.0 Å². The minimum atomic E-state index is -4.51. The highest BCUT2D eigenvalue weighted by Crippen LogP contribution is 2.31. The fourth-order valence-corrected chi connectivity index (χ4v) is 4.50. The van der Waals surface area contributed by atoms with Crippen LogP contribution in [-0.2, 0) is 6.18 Å². The quantitative estimate of drug-likeness (QED) is 0.926. The predicted octanol–water partition coefficient (Wildman–Crippen LogP) is 3.28. The fraction of sp³-hybridized carbons (Fsp3) is 0.462. The molecule has 1 fully saturated rings. The number of hydrogen-bond acceptors (Lipinski definition) is 3. The van der Waals surface area contributed by atoms with Crippen LogP contribution in [0.5, 0.6) is 0 Å². The molecule has 1 N–H and O–H groups in total. The van der Waals surface area contributed by atoms with E-state index in [1.165, 1.54) is 18.2 Å². The van der Waals surface area contributed by atoms with E-state index < -0.39 is 17.6 Å². The molecule has 1 atom stereocenters. The smallest absolute Gasteiger partial charge is 0.351 e. The molecule has 0 saturated carbocycles. The topological polar surface area (TPSA) is 29.1 Å². The zero-order valence-electron chi connectivity index (χ0n) is 10.6. The second kappa shape index (κ2) is 6.76. The predicted molar refractivity (Wildman–Crippen MR) is 77.3 cm³/mol. The third-order valence-corrected chi connectivity index (χ3v) is 5.70. The number of hydrogen-bond donors (Lipinski definition) is 1. The Bertz CT molecular complexity index is 473. The number of carbonyl (C=O) groups is 1. The number of rotatable bonds is 3. The van der Waals surface area contributed by atoms with E-state index in [9.17, 15) is 18.0 Å². The average molecular weight is 321 g/mol. The monoisotopic (exact) mass is 321 g/mol. The summed E-state index contributed by atoms with van der Waals surface area (Å²) in [5.74, 6) is 2.37. The number of carbonyl (C=O) groups excluding carboxylic acids is 1. The van der Waals surface area contributed by atoms with Crippen LogP contribution in [0, 0.1) is 0 Å². The highest BCUT2D eigenvalue weighted by atomic mass is 32.2. The Kier molecular flexibility index (Phi) is 5.26. The van der Waals surface area contributed by atoms with Crippen LogP contribution >= 0.6 is 23.5 Å². The van der Waals surface area contributed by atoms with Gasteiger partial charge >= 0.3 is 6.18 Å². The number of amides is 1. The second-order valence-corrected chi connectivity index (χ2v) is 6.88. The second-order valence-electron chi connectivity index (χ2n) is 4.32. The van der Waals surface area contributed by atoms with Gasteiger partial charge in [-0.25, -0.2) is 0 Å². The SMILES string of the molecule is O=C(NC[C@@H]1CSCCS1)c1ccccc1C(F)(F)F. The van der Waals surface area contributed by atoms with Gasteiger partial charge in [0.05, 0.1) is 11.1 Å². The van der Waals surface area contributed by atoms with Crippen LogP contribution in [0.1, 0.15) is 15.9 Å². The Labute approximate surface area is 123 Å². The normalized spacial score (nSPS) is 19.6. The van der Waals surface area contributed by atoms with Crippen molar-refractivity contribution >= 4 is 29.4 Å². The molecule has 0 radical (unpaired) electrons. The molecule has 0 aromatic heterocycles. The maximum Gasteiger partial charge on any atom is 0.417 e. The lowest BCUT2D eigenvalue weighted by atomic mass is 10.1. The first-order valence-electron chi connectivity index (χ1n) is 6.12. The van der Waals surface area contributed by atoms with Crippen molar-refractivity contribution in [2.75, 3.05) is 23.8 Å². The number of thioether (sulfide) groups is 2. The molecule has 1 aromatic carbocycles. The van der Waals surface area contributed by atoms with Gasteiger partial charge in [0.15, 0.2) is 0 Å². The van der Waals surface area contributed by atoms with Crippen LogP contribution in [0.4, 0.5) is 13.2 Å². The van der Waals surface area contributed by atoms with Crippen LogP contribution < -0.4 is 5.32 Å². The molecular formula is C13H14F3NOS2. The zero-order valence-corrected chi connectivity index (χ0v) is 12.2. The van der Waals surface area contributed by atoms with Crippen LogP contribution in [0.15, 0.2) is 24.3 Å². The standard InChI is InChI=1S/C13H14F3NOS2/c14-13(15,16)11-4-2-1-3-10(11)12(18)17-7-9-8-19-5-6-20-9/h1-4,9H,5-8H2,(H,17,18)/t9-/m1/s1. The molecule has 1 aliphatic heterocycles. The first kappa shape index (κ1) is 15.6. The maximum atomic E-state index is 12.8. The van der Waals surface area contributed by atoms with Gasteiger partial charge in [-0.2, -0.15) is 36.7 Å². The Morgan fingerprint density at radius 1 is 1.30 bits per heavy atom. The van der Waals surface area contributed by atoms with Gasteiger partial charge in [-0.1, -0.05) is 12.1 Å². The van der Waals surface area contributed by atoms with E-state index in [0.717, 1.165) is 23.3 Å². The van der Waals surface area contributed by atoms with Gasteiger partial charge < -0.3 is 5.32 Å². The van der Waals surface area contributed by atoms with Gasteiger partial charge in [0, 0.05) is 29.1 Å². The maximum absolute atomic E-state index is 12.8. The number of nitrogens with one attached hydrogen (secondary N) is 1. The molecule has 0 spiro atoms. The molecule has 1 aliphatic rings. The van der Waals surface area contributed by atoms with Gasteiger partial charge in [0.2, 0.25) is 0 Å². The van der Waals surface area contributed by atoms with Gasteiger partial charge in [0.1, 0.15) is 0 Å². The van der Waals surface area contributed by atoms with E-state index in [-0.39, 0.29) is 10.8 Å². The third kappa shape index (κ3) is 4.09. The molecule has 1 heterocycles. The molecule has 0 unspecified atom stereocenters. The molecule has 2 rings (SSSR count). The average Bonchev–Trinajstić information content (AvgIpc) is 2.45.